The molecule has 4 heteroatoms. The van der Waals surface area contributed by atoms with E-state index in [1.165, 1.54) is 0 Å². The SMILES string of the molecule is C#Cc1cccc(C2CNCCN2C(=O)OC(C)(C)C)c1. The molecule has 1 atom stereocenters. The molecule has 2 rings (SSSR count). The van der Waals surface area contributed by atoms with Crippen LogP contribution in [0.2, 0.25) is 0 Å². The van der Waals surface area contributed by atoms with Gasteiger partial charge in [0.05, 0.1) is 6.04 Å². The number of nitrogens with zero attached hydrogens (tertiary/aromatic N) is 1. The Balaban J connectivity index is 2.23. The van der Waals surface area contributed by atoms with Crippen LogP contribution in [0.25, 0.3) is 0 Å². The van der Waals surface area contributed by atoms with Crippen molar-refractivity contribution in [3.63, 3.8) is 0 Å². The summed E-state index contributed by atoms with van der Waals surface area (Å²) in [5.41, 5.74) is 1.36. The number of nitrogens with one attached hydrogen (secondary N) is 1. The second-order valence-electron chi connectivity index (χ2n) is 6.16. The van der Waals surface area contributed by atoms with Crippen molar-refractivity contribution in [1.29, 1.82) is 0 Å². The molecule has 0 spiro atoms. The molecule has 1 aromatic rings. The molecule has 1 unspecified atom stereocenters. The number of amides is 1. The van der Waals surface area contributed by atoms with Crippen LogP contribution < -0.4 is 5.32 Å². The van der Waals surface area contributed by atoms with Crippen LogP contribution in [0.5, 0.6) is 0 Å². The van der Waals surface area contributed by atoms with Crippen LogP contribution in [-0.4, -0.2) is 36.2 Å². The van der Waals surface area contributed by atoms with E-state index in [2.05, 4.69) is 11.2 Å². The molecule has 1 N–H and O–H groups in total. The van der Waals surface area contributed by atoms with Crippen LogP contribution in [0.3, 0.4) is 0 Å². The van der Waals surface area contributed by atoms with Gasteiger partial charge in [0, 0.05) is 25.2 Å². The third-order valence-corrected chi connectivity index (χ3v) is 3.31. The fourth-order valence-electron chi connectivity index (χ4n) is 2.38. The summed E-state index contributed by atoms with van der Waals surface area (Å²) in [5, 5.41) is 3.32. The summed E-state index contributed by atoms with van der Waals surface area (Å²) in [7, 11) is 0. The third kappa shape index (κ3) is 3.99. The second-order valence-corrected chi connectivity index (χ2v) is 6.16. The van der Waals surface area contributed by atoms with Crippen LogP contribution in [0.1, 0.15) is 37.9 Å². The molecule has 21 heavy (non-hydrogen) atoms. The highest BCUT2D eigenvalue weighted by Gasteiger charge is 2.31. The monoisotopic (exact) mass is 286 g/mol. The van der Waals surface area contributed by atoms with E-state index < -0.39 is 5.60 Å². The van der Waals surface area contributed by atoms with Gasteiger partial charge in [-0.25, -0.2) is 4.79 Å². The molecule has 0 saturated carbocycles. The number of carbonyl (C=O) groups excluding carboxylic acids is 1. The molecular weight excluding hydrogens is 264 g/mol. The predicted octanol–water partition coefficient (Wildman–Crippen LogP) is 2.55. The zero-order valence-electron chi connectivity index (χ0n) is 12.8. The molecule has 1 aromatic carbocycles. The van der Waals surface area contributed by atoms with Gasteiger partial charge in [0.15, 0.2) is 0 Å². The van der Waals surface area contributed by atoms with Gasteiger partial charge in [0.2, 0.25) is 0 Å². The quantitative estimate of drug-likeness (QED) is 0.807. The van der Waals surface area contributed by atoms with Crippen molar-refractivity contribution >= 4 is 6.09 Å². The van der Waals surface area contributed by atoms with Crippen molar-refractivity contribution in [2.45, 2.75) is 32.4 Å². The maximum absolute atomic E-state index is 12.4. The number of rotatable bonds is 1. The van der Waals surface area contributed by atoms with Crippen LogP contribution in [0, 0.1) is 12.3 Å². The molecule has 4 nitrogen and oxygen atoms in total. The number of hydrogen-bond donors (Lipinski definition) is 1. The second kappa shape index (κ2) is 6.19. The van der Waals surface area contributed by atoms with Crippen LogP contribution in [0.15, 0.2) is 24.3 Å². The first-order chi connectivity index (χ1) is 9.90. The fraction of sp³-hybridized carbons (Fsp3) is 0.471. The zero-order valence-corrected chi connectivity index (χ0v) is 12.8. The van der Waals surface area contributed by atoms with Crippen molar-refractivity contribution in [2.75, 3.05) is 19.6 Å². The average molecular weight is 286 g/mol. The highest BCUT2D eigenvalue weighted by Crippen LogP contribution is 2.25. The highest BCUT2D eigenvalue weighted by atomic mass is 16.6. The number of benzene rings is 1. The fourth-order valence-corrected chi connectivity index (χ4v) is 2.38. The molecule has 112 valence electrons. The largest absolute Gasteiger partial charge is 0.444 e. The van der Waals surface area contributed by atoms with Gasteiger partial charge in [-0.15, -0.1) is 6.42 Å². The Hall–Kier alpha value is -1.99. The van der Waals surface area contributed by atoms with Crippen LogP contribution in [0.4, 0.5) is 4.79 Å². The summed E-state index contributed by atoms with van der Waals surface area (Å²) in [5.74, 6) is 2.63. The topological polar surface area (TPSA) is 41.6 Å². The van der Waals surface area contributed by atoms with E-state index in [9.17, 15) is 4.79 Å². The van der Waals surface area contributed by atoms with Gasteiger partial charge >= 0.3 is 6.09 Å². The van der Waals surface area contributed by atoms with E-state index >= 15 is 0 Å². The van der Waals surface area contributed by atoms with Gasteiger partial charge in [0.25, 0.3) is 0 Å². The van der Waals surface area contributed by atoms with Crippen molar-refractivity contribution in [1.82, 2.24) is 10.2 Å². The lowest BCUT2D eigenvalue weighted by Gasteiger charge is -2.37. The Morgan fingerprint density at radius 3 is 2.90 bits per heavy atom. The number of piperazine rings is 1. The predicted molar refractivity (Wildman–Crippen MR) is 82.9 cm³/mol. The Labute approximate surface area is 126 Å². The molecule has 1 aliphatic heterocycles. The lowest BCUT2D eigenvalue weighted by molar-refractivity contribution is 0.0118. The molecule has 1 fully saturated rings. The summed E-state index contributed by atoms with van der Waals surface area (Å²) in [6.07, 6.45) is 5.18. The minimum atomic E-state index is -0.493. The number of terminal acetylenes is 1. The van der Waals surface area contributed by atoms with Gasteiger partial charge in [0.1, 0.15) is 5.60 Å². The summed E-state index contributed by atoms with van der Waals surface area (Å²) < 4.78 is 5.50. The Kier molecular flexibility index (Phi) is 4.54. The van der Waals surface area contributed by atoms with Gasteiger partial charge in [-0.05, 0) is 38.5 Å². The number of carbonyl (C=O) groups is 1. The maximum Gasteiger partial charge on any atom is 0.410 e. The van der Waals surface area contributed by atoms with Crippen molar-refractivity contribution in [3.8, 4) is 12.3 Å². The van der Waals surface area contributed by atoms with Crippen molar-refractivity contribution < 1.29 is 9.53 Å². The van der Waals surface area contributed by atoms with E-state index in [0.29, 0.717) is 13.1 Å². The van der Waals surface area contributed by atoms with Gasteiger partial charge < -0.3 is 10.1 Å². The van der Waals surface area contributed by atoms with E-state index in [1.54, 1.807) is 4.90 Å². The van der Waals surface area contributed by atoms with Gasteiger partial charge in [-0.3, -0.25) is 4.90 Å². The molecule has 1 aliphatic rings. The lowest BCUT2D eigenvalue weighted by atomic mass is 10.0. The van der Waals surface area contributed by atoms with Crippen molar-refractivity contribution in [2.24, 2.45) is 0 Å². The number of ether oxygens (including phenoxy) is 1. The Morgan fingerprint density at radius 1 is 1.48 bits per heavy atom. The van der Waals surface area contributed by atoms with E-state index in [4.69, 9.17) is 11.2 Å². The van der Waals surface area contributed by atoms with Gasteiger partial charge in [-0.2, -0.15) is 0 Å². The van der Waals surface area contributed by atoms with E-state index in [-0.39, 0.29) is 12.1 Å². The maximum atomic E-state index is 12.4. The lowest BCUT2D eigenvalue weighted by Crippen LogP contribution is -2.50. The molecule has 0 aromatic heterocycles. The zero-order chi connectivity index (χ0) is 15.5. The standard InChI is InChI=1S/C17H22N2O2/c1-5-13-7-6-8-14(11-13)15-12-18-9-10-19(15)16(20)21-17(2,3)4/h1,6-8,11,15,18H,9-10,12H2,2-4H3. The molecule has 0 bridgehead atoms. The van der Waals surface area contributed by atoms with E-state index in [1.807, 2.05) is 45.0 Å². The third-order valence-electron chi connectivity index (χ3n) is 3.31. The normalized spacial score (nSPS) is 19.0. The Morgan fingerprint density at radius 2 is 2.24 bits per heavy atom. The summed E-state index contributed by atoms with van der Waals surface area (Å²) in [6.45, 7) is 7.72. The van der Waals surface area contributed by atoms with Crippen molar-refractivity contribution in [3.05, 3.63) is 35.4 Å². The summed E-state index contributed by atoms with van der Waals surface area (Å²) in [6, 6.07) is 7.71. The van der Waals surface area contributed by atoms with Crippen LogP contribution in [-0.2, 0) is 4.74 Å². The average Bonchev–Trinajstić information content (AvgIpc) is 2.45. The number of hydrogen-bond acceptors (Lipinski definition) is 3. The molecule has 1 heterocycles. The first-order valence-corrected chi connectivity index (χ1v) is 7.17. The molecule has 1 saturated heterocycles. The molecule has 0 aliphatic carbocycles. The smallest absolute Gasteiger partial charge is 0.410 e. The first-order valence-electron chi connectivity index (χ1n) is 7.17. The van der Waals surface area contributed by atoms with Crippen LogP contribution >= 0.6 is 0 Å². The minimum absolute atomic E-state index is 0.0538. The summed E-state index contributed by atoms with van der Waals surface area (Å²) in [4.78, 5) is 14.2. The van der Waals surface area contributed by atoms with Gasteiger partial charge in [-0.1, -0.05) is 18.1 Å². The first kappa shape index (κ1) is 15.4. The minimum Gasteiger partial charge on any atom is -0.444 e. The molecule has 1 amide bonds. The van der Waals surface area contributed by atoms with E-state index in [0.717, 1.165) is 17.7 Å². The summed E-state index contributed by atoms with van der Waals surface area (Å²) >= 11 is 0. The molecule has 0 radical (unpaired) electrons. The highest BCUT2D eigenvalue weighted by molar-refractivity contribution is 5.69. The Bertz CT molecular complexity index is 555. The molecular formula is C17H22N2O2.